The number of halogens is 3. The van der Waals surface area contributed by atoms with E-state index in [2.05, 4.69) is 10.0 Å². The van der Waals surface area contributed by atoms with E-state index in [0.717, 1.165) is 25.0 Å². The van der Waals surface area contributed by atoms with Gasteiger partial charge in [-0.15, -0.1) is 0 Å². The smallest absolute Gasteiger partial charge is 0.416 e. The fraction of sp³-hybridized carbons (Fsp3) is 0.613. The number of allylic oxidation sites excluding steroid dienone is 2. The summed E-state index contributed by atoms with van der Waals surface area (Å²) in [7, 11) is -4.57. The molecule has 4 atom stereocenters. The van der Waals surface area contributed by atoms with Crippen molar-refractivity contribution >= 4 is 39.6 Å². The number of fused-ring (bicyclic) bond motifs is 2. The van der Waals surface area contributed by atoms with E-state index in [0.29, 0.717) is 44.2 Å². The number of hydrogen-bond donors (Lipinski definition) is 3. The number of alkyl halides is 3. The van der Waals surface area contributed by atoms with Gasteiger partial charge in [0.05, 0.1) is 22.7 Å². The van der Waals surface area contributed by atoms with Gasteiger partial charge in [-0.05, 0) is 89.5 Å². The van der Waals surface area contributed by atoms with Crippen molar-refractivity contribution in [2.24, 2.45) is 11.3 Å². The van der Waals surface area contributed by atoms with E-state index in [1.807, 2.05) is 16.9 Å². The molecule has 2 aliphatic heterocycles. The second kappa shape index (κ2) is 13.6. The first-order valence-corrected chi connectivity index (χ1v) is 16.9. The molecule has 11 nitrogen and oxygen atoms in total. The Morgan fingerprint density at radius 3 is 2.35 bits per heavy atom. The number of rotatable bonds is 5. The van der Waals surface area contributed by atoms with Gasteiger partial charge in [0, 0.05) is 13.0 Å². The van der Waals surface area contributed by atoms with Crippen LogP contribution in [0.15, 0.2) is 36.4 Å². The molecule has 1 saturated heterocycles. The van der Waals surface area contributed by atoms with Crippen molar-refractivity contribution in [3.05, 3.63) is 42.0 Å². The lowest BCUT2D eigenvalue weighted by Crippen LogP contribution is -2.53. The van der Waals surface area contributed by atoms with Gasteiger partial charge in [0.15, 0.2) is 5.78 Å². The summed E-state index contributed by atoms with van der Waals surface area (Å²) < 4.78 is 73.7. The van der Waals surface area contributed by atoms with Crippen LogP contribution in [0.25, 0.3) is 0 Å². The van der Waals surface area contributed by atoms with Crippen LogP contribution in [-0.2, 0) is 35.5 Å². The fourth-order valence-corrected chi connectivity index (χ4v) is 6.96. The van der Waals surface area contributed by atoms with Gasteiger partial charge in [0.25, 0.3) is 0 Å². The predicted molar refractivity (Wildman–Crippen MR) is 162 cm³/mol. The summed E-state index contributed by atoms with van der Waals surface area (Å²) in [6.45, 7) is 5.41. The average molecular weight is 671 g/mol. The summed E-state index contributed by atoms with van der Waals surface area (Å²) in [5.74, 6) is -2.14. The first kappa shape index (κ1) is 35.2. The lowest BCUT2D eigenvalue weighted by Gasteiger charge is -2.30. The molecule has 46 heavy (non-hydrogen) atoms. The van der Waals surface area contributed by atoms with Crippen LogP contribution in [0.2, 0.25) is 0 Å². The first-order chi connectivity index (χ1) is 21.4. The topological polar surface area (TPSA) is 151 Å². The van der Waals surface area contributed by atoms with E-state index in [9.17, 15) is 40.8 Å². The van der Waals surface area contributed by atoms with Gasteiger partial charge in [-0.1, -0.05) is 25.0 Å². The summed E-state index contributed by atoms with van der Waals surface area (Å²) in [5.41, 5.74) is -3.31. The standard InChI is InChI=1S/C31H41F3N4O7S/c1-29(2,3)45-28(42)35-23-11-8-6-4-5-7-10-21-18-30(21,19-25(39)24-12-9-17-38(24)26(23)40)27(41)37-46(43,44)36-22-15-13-20(14-16-22)31(32,33)34/h7,10,13-16,21,23-24,36H,4-6,8-9,11-12,17-19H2,1-3H3,(H,35,42)(H,37,41)/b10-7-/t21-,23+,24+,30-/m1/s1. The highest BCUT2D eigenvalue weighted by molar-refractivity contribution is 7.91. The van der Waals surface area contributed by atoms with E-state index in [1.54, 1.807) is 20.8 Å². The molecule has 3 amide bonds. The summed E-state index contributed by atoms with van der Waals surface area (Å²) >= 11 is 0. The van der Waals surface area contributed by atoms with Crippen LogP contribution in [0, 0.1) is 11.3 Å². The molecule has 3 aliphatic rings. The van der Waals surface area contributed by atoms with Crippen molar-refractivity contribution in [1.29, 1.82) is 0 Å². The zero-order chi connectivity index (χ0) is 33.9. The molecular weight excluding hydrogens is 629 g/mol. The third-order valence-electron chi connectivity index (χ3n) is 8.40. The molecule has 254 valence electrons. The average Bonchev–Trinajstić information content (AvgIpc) is 3.39. The summed E-state index contributed by atoms with van der Waals surface area (Å²) in [5, 5.41) is 2.67. The quantitative estimate of drug-likeness (QED) is 0.379. The number of ether oxygens (including phenoxy) is 1. The third kappa shape index (κ3) is 9.01. The number of anilines is 1. The van der Waals surface area contributed by atoms with Gasteiger partial charge < -0.3 is 15.0 Å². The number of ketones is 1. The Balaban J connectivity index is 1.51. The van der Waals surface area contributed by atoms with Crippen molar-refractivity contribution in [1.82, 2.24) is 14.9 Å². The number of hydrogen-bond acceptors (Lipinski definition) is 7. The maximum atomic E-state index is 13.7. The Morgan fingerprint density at radius 1 is 1.00 bits per heavy atom. The Kier molecular flexibility index (Phi) is 10.4. The molecular formula is C31H41F3N4O7S. The van der Waals surface area contributed by atoms with Crippen LogP contribution >= 0.6 is 0 Å². The van der Waals surface area contributed by atoms with Gasteiger partial charge in [-0.25, -0.2) is 9.52 Å². The summed E-state index contributed by atoms with van der Waals surface area (Å²) in [6.07, 6.45) is 2.33. The Hall–Kier alpha value is -3.62. The maximum Gasteiger partial charge on any atom is 0.416 e. The molecule has 15 heteroatoms. The Labute approximate surface area is 266 Å². The Bertz CT molecular complexity index is 1460. The number of nitrogens with one attached hydrogen (secondary N) is 3. The SMILES string of the molecule is CC(C)(C)OC(=O)N[C@H]1CCCCC/C=C\[C@@H]2C[C@@]2(C(=O)NS(=O)(=O)Nc2ccc(C(F)(F)F)cc2)CC(=O)[C@@H]2CCCN2C1=O. The number of amides is 3. The number of nitrogens with zero attached hydrogens (tertiary/aromatic N) is 1. The van der Waals surface area contributed by atoms with Gasteiger partial charge in [0.1, 0.15) is 11.6 Å². The molecule has 0 unspecified atom stereocenters. The van der Waals surface area contributed by atoms with E-state index >= 15 is 0 Å². The highest BCUT2D eigenvalue weighted by Gasteiger charge is 2.61. The number of carbonyl (C=O) groups is 4. The molecule has 2 heterocycles. The van der Waals surface area contributed by atoms with Gasteiger partial charge >= 0.3 is 22.5 Å². The van der Waals surface area contributed by atoms with Gasteiger partial charge in [-0.3, -0.25) is 19.1 Å². The molecule has 3 N–H and O–H groups in total. The van der Waals surface area contributed by atoms with E-state index in [1.165, 1.54) is 4.90 Å². The molecule has 1 aliphatic carbocycles. The van der Waals surface area contributed by atoms with Crippen molar-refractivity contribution < 1.29 is 45.5 Å². The first-order valence-electron chi connectivity index (χ1n) is 15.4. The predicted octanol–water partition coefficient (Wildman–Crippen LogP) is 4.85. The highest BCUT2D eigenvalue weighted by Crippen LogP contribution is 2.57. The van der Waals surface area contributed by atoms with E-state index in [4.69, 9.17) is 4.74 Å². The van der Waals surface area contributed by atoms with Crippen LogP contribution in [0.4, 0.5) is 23.7 Å². The van der Waals surface area contributed by atoms with Crippen LogP contribution in [0.3, 0.4) is 0 Å². The molecule has 0 spiro atoms. The van der Waals surface area contributed by atoms with Crippen molar-refractivity contribution in [2.75, 3.05) is 11.3 Å². The van der Waals surface area contributed by atoms with E-state index in [-0.39, 0.29) is 25.1 Å². The van der Waals surface area contributed by atoms with Gasteiger partial charge in [-0.2, -0.15) is 21.6 Å². The lowest BCUT2D eigenvalue weighted by molar-refractivity contribution is -0.140. The van der Waals surface area contributed by atoms with E-state index < -0.39 is 74.7 Å². The largest absolute Gasteiger partial charge is 0.444 e. The normalized spacial score (nSPS) is 26.9. The molecule has 0 radical (unpaired) electrons. The number of carbonyl (C=O) groups excluding carboxylic acids is 4. The second-order valence-corrected chi connectivity index (χ2v) is 14.6. The van der Waals surface area contributed by atoms with Crippen LogP contribution in [0.5, 0.6) is 0 Å². The van der Waals surface area contributed by atoms with Gasteiger partial charge in [0.2, 0.25) is 11.8 Å². The van der Waals surface area contributed by atoms with Crippen molar-refractivity contribution in [3.63, 3.8) is 0 Å². The molecule has 2 fully saturated rings. The fourth-order valence-electron chi connectivity index (χ4n) is 6.01. The molecule has 1 saturated carbocycles. The lowest BCUT2D eigenvalue weighted by atomic mass is 9.91. The zero-order valence-corrected chi connectivity index (χ0v) is 26.9. The minimum atomic E-state index is -4.61. The van der Waals surface area contributed by atoms with Crippen LogP contribution in [0.1, 0.15) is 84.1 Å². The molecule has 0 bridgehead atoms. The molecule has 4 rings (SSSR count). The number of Topliss-reactive ketones (excluding diaryl/α,β-unsaturated/α-hetero) is 1. The van der Waals surface area contributed by atoms with Crippen molar-refractivity contribution in [3.8, 4) is 0 Å². The summed E-state index contributed by atoms with van der Waals surface area (Å²) in [6, 6.07) is 1.52. The monoisotopic (exact) mass is 670 g/mol. The molecule has 1 aromatic rings. The minimum absolute atomic E-state index is 0.189. The maximum absolute atomic E-state index is 13.7. The minimum Gasteiger partial charge on any atom is -0.444 e. The second-order valence-electron chi connectivity index (χ2n) is 13.2. The van der Waals surface area contributed by atoms with Crippen LogP contribution in [-0.4, -0.2) is 61.2 Å². The van der Waals surface area contributed by atoms with Crippen LogP contribution < -0.4 is 14.8 Å². The zero-order valence-electron chi connectivity index (χ0n) is 26.1. The highest BCUT2D eigenvalue weighted by atomic mass is 32.2. The summed E-state index contributed by atoms with van der Waals surface area (Å²) in [4.78, 5) is 55.0. The third-order valence-corrected chi connectivity index (χ3v) is 9.35. The van der Waals surface area contributed by atoms with Crippen molar-refractivity contribution in [2.45, 2.75) is 102 Å². The molecule has 0 aromatic heterocycles. The number of benzene rings is 1. The molecule has 1 aromatic carbocycles. The Morgan fingerprint density at radius 2 is 1.70 bits per heavy atom. The number of alkyl carbamates (subject to hydrolysis) is 1.